The fourth-order valence-electron chi connectivity index (χ4n) is 1.55. The molecule has 0 saturated heterocycles. The molecule has 0 aliphatic rings. The van der Waals surface area contributed by atoms with Gasteiger partial charge in [-0.25, -0.2) is 16.8 Å². The monoisotopic (exact) mass is 287 g/mol. The summed E-state index contributed by atoms with van der Waals surface area (Å²) >= 11 is 5.62. The van der Waals surface area contributed by atoms with E-state index in [0.717, 1.165) is 27.4 Å². The maximum absolute atomic E-state index is 13.1. The first-order valence-electron chi connectivity index (χ1n) is 5.19. The highest BCUT2D eigenvalue weighted by Crippen LogP contribution is 2.23. The minimum Gasteiger partial charge on any atom is -0.228 e. The number of halogens is 2. The summed E-state index contributed by atoms with van der Waals surface area (Å²) in [6.07, 6.45) is 1.10. The SMILES string of the molecule is Cc1ccc(S(=O)(=O)n2ccc(F)c2Cl)cc1C. The van der Waals surface area contributed by atoms with Gasteiger partial charge in [0.05, 0.1) is 4.90 Å². The van der Waals surface area contributed by atoms with E-state index in [2.05, 4.69) is 0 Å². The summed E-state index contributed by atoms with van der Waals surface area (Å²) in [6, 6.07) is 5.74. The van der Waals surface area contributed by atoms with Crippen molar-refractivity contribution in [3.05, 3.63) is 52.6 Å². The summed E-state index contributed by atoms with van der Waals surface area (Å²) in [5.74, 6) is -0.760. The molecule has 2 rings (SSSR count). The predicted molar refractivity (Wildman–Crippen MR) is 67.9 cm³/mol. The second-order valence-corrected chi connectivity index (χ2v) is 6.17. The maximum atomic E-state index is 13.1. The lowest BCUT2D eigenvalue weighted by atomic mass is 10.1. The molecule has 6 heteroatoms. The van der Waals surface area contributed by atoms with Crippen LogP contribution in [0.1, 0.15) is 11.1 Å². The van der Waals surface area contributed by atoms with Crippen LogP contribution in [0, 0.1) is 19.7 Å². The molecule has 0 amide bonds. The molecule has 18 heavy (non-hydrogen) atoms. The topological polar surface area (TPSA) is 39.1 Å². The lowest BCUT2D eigenvalue weighted by Crippen LogP contribution is -2.12. The Morgan fingerprint density at radius 2 is 1.83 bits per heavy atom. The normalized spacial score (nSPS) is 11.8. The molecule has 0 radical (unpaired) electrons. The zero-order valence-electron chi connectivity index (χ0n) is 9.81. The summed E-state index contributed by atoms with van der Waals surface area (Å²) < 4.78 is 38.3. The zero-order valence-corrected chi connectivity index (χ0v) is 11.4. The standard InChI is InChI=1S/C12H11ClFNO2S/c1-8-3-4-10(7-9(8)2)18(16,17)15-6-5-11(14)12(15)13/h3-7H,1-2H3. The molecular weight excluding hydrogens is 277 g/mol. The Bertz CT molecular complexity index is 707. The van der Waals surface area contributed by atoms with Gasteiger partial charge in [0.15, 0.2) is 11.0 Å². The number of hydrogen-bond donors (Lipinski definition) is 0. The van der Waals surface area contributed by atoms with Crippen LogP contribution in [-0.2, 0) is 10.0 Å². The number of rotatable bonds is 2. The van der Waals surface area contributed by atoms with E-state index in [0.29, 0.717) is 0 Å². The first-order chi connectivity index (χ1) is 8.34. The molecule has 1 heterocycles. The Hall–Kier alpha value is -1.33. The van der Waals surface area contributed by atoms with Crippen LogP contribution in [0.4, 0.5) is 4.39 Å². The molecule has 0 N–H and O–H groups in total. The fourth-order valence-corrected chi connectivity index (χ4v) is 3.25. The minimum absolute atomic E-state index is 0.0862. The van der Waals surface area contributed by atoms with Gasteiger partial charge in [0.25, 0.3) is 10.0 Å². The molecule has 1 aromatic carbocycles. The van der Waals surface area contributed by atoms with Crippen molar-refractivity contribution in [1.82, 2.24) is 3.97 Å². The van der Waals surface area contributed by atoms with E-state index in [1.165, 1.54) is 6.07 Å². The fraction of sp³-hybridized carbons (Fsp3) is 0.167. The number of aryl methyl sites for hydroxylation is 2. The highest BCUT2D eigenvalue weighted by Gasteiger charge is 2.21. The molecule has 0 aliphatic carbocycles. The van der Waals surface area contributed by atoms with E-state index in [-0.39, 0.29) is 4.90 Å². The smallest absolute Gasteiger partial charge is 0.228 e. The van der Waals surface area contributed by atoms with Gasteiger partial charge in [-0.3, -0.25) is 0 Å². The third kappa shape index (κ3) is 2.04. The molecule has 3 nitrogen and oxygen atoms in total. The van der Waals surface area contributed by atoms with Crippen LogP contribution in [0.3, 0.4) is 0 Å². The number of nitrogens with zero attached hydrogens (tertiary/aromatic N) is 1. The molecule has 0 unspecified atom stereocenters. The van der Waals surface area contributed by atoms with Crippen molar-refractivity contribution in [3.63, 3.8) is 0 Å². The number of hydrogen-bond acceptors (Lipinski definition) is 2. The molecule has 0 atom stereocenters. The molecule has 0 spiro atoms. The van der Waals surface area contributed by atoms with Crippen molar-refractivity contribution in [2.24, 2.45) is 0 Å². The van der Waals surface area contributed by atoms with Crippen molar-refractivity contribution in [3.8, 4) is 0 Å². The summed E-state index contributed by atoms with van der Waals surface area (Å²) in [5, 5.41) is -0.437. The Labute approximate surface area is 110 Å². The second-order valence-electron chi connectivity index (χ2n) is 4.00. The first kappa shape index (κ1) is 13.1. The highest BCUT2D eigenvalue weighted by atomic mass is 35.5. The highest BCUT2D eigenvalue weighted by molar-refractivity contribution is 7.90. The van der Waals surface area contributed by atoms with Crippen LogP contribution >= 0.6 is 11.6 Å². The van der Waals surface area contributed by atoms with Gasteiger partial charge in [0, 0.05) is 6.20 Å². The lowest BCUT2D eigenvalue weighted by molar-refractivity contribution is 0.584. The Morgan fingerprint density at radius 1 is 1.17 bits per heavy atom. The van der Waals surface area contributed by atoms with Crippen LogP contribution in [0.25, 0.3) is 0 Å². The van der Waals surface area contributed by atoms with E-state index in [1.807, 2.05) is 13.8 Å². The van der Waals surface area contributed by atoms with Crippen LogP contribution < -0.4 is 0 Å². The Kier molecular flexibility index (Phi) is 3.21. The third-order valence-corrected chi connectivity index (χ3v) is 4.92. The molecule has 1 aromatic heterocycles. The molecular formula is C12H11ClFNO2S. The average Bonchev–Trinajstić information content (AvgIpc) is 2.64. The van der Waals surface area contributed by atoms with Crippen LogP contribution in [-0.4, -0.2) is 12.4 Å². The number of benzene rings is 1. The van der Waals surface area contributed by atoms with Crippen molar-refractivity contribution in [2.45, 2.75) is 18.7 Å². The summed E-state index contributed by atoms with van der Waals surface area (Å²) in [7, 11) is -3.84. The van der Waals surface area contributed by atoms with Crippen LogP contribution in [0.2, 0.25) is 5.15 Å². The minimum atomic E-state index is -3.84. The number of aromatic nitrogens is 1. The lowest BCUT2D eigenvalue weighted by Gasteiger charge is -2.09. The zero-order chi connectivity index (χ0) is 13.5. The molecule has 96 valence electrons. The Balaban J connectivity index is 2.62. The summed E-state index contributed by atoms with van der Waals surface area (Å²) in [4.78, 5) is 0.0862. The van der Waals surface area contributed by atoms with Crippen molar-refractivity contribution in [1.29, 1.82) is 0 Å². The van der Waals surface area contributed by atoms with Gasteiger partial charge < -0.3 is 0 Å². The van der Waals surface area contributed by atoms with Gasteiger partial charge in [-0.2, -0.15) is 0 Å². The molecule has 0 bridgehead atoms. The van der Waals surface area contributed by atoms with Crippen molar-refractivity contribution >= 4 is 21.6 Å². The van der Waals surface area contributed by atoms with Gasteiger partial charge >= 0.3 is 0 Å². The van der Waals surface area contributed by atoms with Crippen LogP contribution in [0.5, 0.6) is 0 Å². The van der Waals surface area contributed by atoms with Crippen molar-refractivity contribution < 1.29 is 12.8 Å². The first-order valence-corrected chi connectivity index (χ1v) is 7.01. The van der Waals surface area contributed by atoms with E-state index < -0.39 is 21.0 Å². The van der Waals surface area contributed by atoms with Crippen LogP contribution in [0.15, 0.2) is 35.4 Å². The predicted octanol–water partition coefficient (Wildman–Crippen LogP) is 3.13. The largest absolute Gasteiger partial charge is 0.268 e. The van der Waals surface area contributed by atoms with Gasteiger partial charge in [-0.1, -0.05) is 17.7 Å². The summed E-state index contributed by atoms with van der Waals surface area (Å²) in [5.41, 5.74) is 1.83. The van der Waals surface area contributed by atoms with E-state index >= 15 is 0 Å². The Morgan fingerprint density at radius 3 is 2.33 bits per heavy atom. The van der Waals surface area contributed by atoms with E-state index in [9.17, 15) is 12.8 Å². The quantitative estimate of drug-likeness (QED) is 0.851. The molecule has 0 fully saturated rings. The van der Waals surface area contributed by atoms with Crippen molar-refractivity contribution in [2.75, 3.05) is 0 Å². The summed E-state index contributed by atoms with van der Waals surface area (Å²) in [6.45, 7) is 3.69. The molecule has 0 aliphatic heterocycles. The van der Waals surface area contributed by atoms with E-state index in [4.69, 9.17) is 11.6 Å². The van der Waals surface area contributed by atoms with E-state index in [1.54, 1.807) is 12.1 Å². The molecule has 2 aromatic rings. The molecule has 0 saturated carbocycles. The second kappa shape index (κ2) is 4.40. The van der Waals surface area contributed by atoms with Gasteiger partial charge in [0.1, 0.15) is 0 Å². The van der Waals surface area contributed by atoms with Gasteiger partial charge in [0.2, 0.25) is 0 Å². The third-order valence-electron chi connectivity index (χ3n) is 2.78. The average molecular weight is 288 g/mol. The maximum Gasteiger partial charge on any atom is 0.268 e. The van der Waals surface area contributed by atoms with Gasteiger partial charge in [-0.15, -0.1) is 0 Å². The van der Waals surface area contributed by atoms with Gasteiger partial charge in [-0.05, 0) is 43.2 Å².